The molecule has 2 aromatic rings. The van der Waals surface area contributed by atoms with E-state index in [1.54, 1.807) is 38.1 Å². The Morgan fingerprint density at radius 1 is 0.923 bits per heavy atom. The first kappa shape index (κ1) is 19.6. The minimum absolute atomic E-state index is 0.0219. The van der Waals surface area contributed by atoms with Gasteiger partial charge in [0, 0.05) is 0 Å². The lowest BCUT2D eigenvalue weighted by atomic mass is 9.95. The molecule has 0 saturated heterocycles. The van der Waals surface area contributed by atoms with Crippen LogP contribution in [0.3, 0.4) is 0 Å². The molecule has 0 aromatic heterocycles. The number of hydrogen-bond acceptors (Lipinski definition) is 3. The third-order valence-electron chi connectivity index (χ3n) is 3.69. The predicted molar refractivity (Wildman–Crippen MR) is 89.1 cm³/mol. The summed E-state index contributed by atoms with van der Waals surface area (Å²) in [5.74, 6) is 0.0740. The van der Waals surface area contributed by atoms with Gasteiger partial charge in [0.1, 0.15) is 24.7 Å². The van der Waals surface area contributed by atoms with Crippen molar-refractivity contribution in [1.82, 2.24) is 0 Å². The molecule has 2 aromatic carbocycles. The highest BCUT2D eigenvalue weighted by atomic mass is 19.4. The first-order chi connectivity index (χ1) is 12.1. The monoisotopic (exact) mass is 368 g/mol. The zero-order valence-electron chi connectivity index (χ0n) is 14.3. The van der Waals surface area contributed by atoms with Crippen LogP contribution in [0.15, 0.2) is 48.5 Å². The molecule has 0 fully saturated rings. The van der Waals surface area contributed by atoms with Crippen molar-refractivity contribution >= 4 is 5.97 Å². The lowest BCUT2D eigenvalue weighted by molar-refractivity contribution is -0.148. The number of carbonyl (C=O) groups is 1. The van der Waals surface area contributed by atoms with Crippen molar-refractivity contribution in [3.8, 4) is 11.5 Å². The fraction of sp³-hybridized carbons (Fsp3) is 0.316. The van der Waals surface area contributed by atoms with Gasteiger partial charge in [0.25, 0.3) is 0 Å². The smallest absolute Gasteiger partial charge is 0.416 e. The second-order valence-corrected chi connectivity index (χ2v) is 6.43. The van der Waals surface area contributed by atoms with E-state index in [-0.39, 0.29) is 13.2 Å². The fourth-order valence-electron chi connectivity index (χ4n) is 1.91. The molecule has 26 heavy (non-hydrogen) atoms. The van der Waals surface area contributed by atoms with Crippen LogP contribution >= 0.6 is 0 Å². The van der Waals surface area contributed by atoms with Crippen molar-refractivity contribution in [2.75, 3.05) is 6.61 Å². The van der Waals surface area contributed by atoms with Gasteiger partial charge in [-0.2, -0.15) is 13.2 Å². The average molecular weight is 368 g/mol. The summed E-state index contributed by atoms with van der Waals surface area (Å²) < 4.78 is 48.5. The van der Waals surface area contributed by atoms with Crippen LogP contribution in [-0.2, 0) is 17.6 Å². The van der Waals surface area contributed by atoms with Gasteiger partial charge in [-0.05, 0) is 55.8 Å². The summed E-state index contributed by atoms with van der Waals surface area (Å²) in [4.78, 5) is 11.0. The van der Waals surface area contributed by atoms with Gasteiger partial charge in [0.15, 0.2) is 0 Å². The minimum atomic E-state index is -4.36. The van der Waals surface area contributed by atoms with Crippen LogP contribution in [0.1, 0.15) is 25.0 Å². The van der Waals surface area contributed by atoms with Gasteiger partial charge in [0.05, 0.1) is 11.0 Å². The lowest BCUT2D eigenvalue weighted by Gasteiger charge is -2.19. The summed E-state index contributed by atoms with van der Waals surface area (Å²) in [5, 5.41) is 9.04. The zero-order valence-corrected chi connectivity index (χ0v) is 14.3. The van der Waals surface area contributed by atoms with Gasteiger partial charge in [-0.3, -0.25) is 4.79 Å². The molecule has 0 heterocycles. The predicted octanol–water partition coefficient (Wildman–Crippen LogP) is 4.77. The number of ether oxygens (including phenoxy) is 2. The fourth-order valence-corrected chi connectivity index (χ4v) is 1.91. The Morgan fingerprint density at radius 2 is 1.42 bits per heavy atom. The first-order valence-electron chi connectivity index (χ1n) is 7.83. The molecule has 0 bridgehead atoms. The van der Waals surface area contributed by atoms with Gasteiger partial charge in [-0.25, -0.2) is 0 Å². The molecule has 140 valence electrons. The van der Waals surface area contributed by atoms with E-state index in [1.807, 2.05) is 0 Å². The van der Waals surface area contributed by atoms with E-state index in [4.69, 9.17) is 14.6 Å². The SMILES string of the molecule is CC(C)(COc1ccc(OCc2ccc(C(F)(F)F)cc2)cc1)C(=O)O. The van der Waals surface area contributed by atoms with E-state index in [0.717, 1.165) is 12.1 Å². The van der Waals surface area contributed by atoms with E-state index in [1.165, 1.54) is 12.1 Å². The quantitative estimate of drug-likeness (QED) is 0.765. The zero-order chi connectivity index (χ0) is 19.4. The highest BCUT2D eigenvalue weighted by molar-refractivity contribution is 5.73. The Kier molecular flexibility index (Phi) is 5.79. The van der Waals surface area contributed by atoms with E-state index in [2.05, 4.69) is 0 Å². The van der Waals surface area contributed by atoms with Gasteiger partial charge in [-0.1, -0.05) is 12.1 Å². The Labute approximate surface area is 149 Å². The van der Waals surface area contributed by atoms with E-state index < -0.39 is 23.1 Å². The van der Waals surface area contributed by atoms with Crippen molar-refractivity contribution < 1.29 is 32.5 Å². The Bertz CT molecular complexity index is 735. The van der Waals surface area contributed by atoms with Crippen molar-refractivity contribution in [2.45, 2.75) is 26.6 Å². The number of alkyl halides is 3. The third kappa shape index (κ3) is 5.40. The third-order valence-corrected chi connectivity index (χ3v) is 3.69. The van der Waals surface area contributed by atoms with E-state index in [9.17, 15) is 18.0 Å². The number of halogens is 3. The van der Waals surface area contributed by atoms with Gasteiger partial charge >= 0.3 is 12.1 Å². The molecule has 7 heteroatoms. The largest absolute Gasteiger partial charge is 0.492 e. The summed E-state index contributed by atoms with van der Waals surface area (Å²) >= 11 is 0. The van der Waals surface area contributed by atoms with Crippen LogP contribution in [0, 0.1) is 5.41 Å². The number of carboxylic acids is 1. The second kappa shape index (κ2) is 7.68. The average Bonchev–Trinajstić information content (AvgIpc) is 2.58. The summed E-state index contributed by atoms with van der Waals surface area (Å²) in [7, 11) is 0. The van der Waals surface area contributed by atoms with E-state index >= 15 is 0 Å². The molecule has 0 atom stereocenters. The molecule has 2 rings (SSSR count). The normalized spacial score (nSPS) is 11.9. The van der Waals surface area contributed by atoms with Crippen LogP contribution in [-0.4, -0.2) is 17.7 Å². The standard InChI is InChI=1S/C19H19F3O4/c1-18(2,17(23)24)12-26-16-9-7-15(8-10-16)25-11-13-3-5-14(6-4-13)19(20,21)22/h3-10H,11-12H2,1-2H3,(H,23,24). The van der Waals surface area contributed by atoms with E-state index in [0.29, 0.717) is 17.1 Å². The highest BCUT2D eigenvalue weighted by Gasteiger charge is 2.30. The van der Waals surface area contributed by atoms with Crippen molar-refractivity contribution in [3.05, 3.63) is 59.7 Å². The summed E-state index contributed by atoms with van der Waals surface area (Å²) in [6, 6.07) is 11.3. The summed E-state index contributed by atoms with van der Waals surface area (Å²) in [5.41, 5.74) is -1.09. The molecule has 0 aliphatic rings. The number of aliphatic carboxylic acids is 1. The van der Waals surface area contributed by atoms with Crippen LogP contribution in [0.4, 0.5) is 13.2 Å². The number of rotatable bonds is 7. The molecular formula is C19H19F3O4. The topological polar surface area (TPSA) is 55.8 Å². The maximum absolute atomic E-state index is 12.5. The highest BCUT2D eigenvalue weighted by Crippen LogP contribution is 2.29. The molecule has 0 unspecified atom stereocenters. The Hall–Kier alpha value is -2.70. The Balaban J connectivity index is 1.88. The van der Waals surface area contributed by atoms with Gasteiger partial charge in [-0.15, -0.1) is 0 Å². The number of hydrogen-bond donors (Lipinski definition) is 1. The molecule has 0 aliphatic heterocycles. The molecule has 0 saturated carbocycles. The molecule has 1 N–H and O–H groups in total. The van der Waals surface area contributed by atoms with Crippen molar-refractivity contribution in [3.63, 3.8) is 0 Å². The maximum atomic E-state index is 12.5. The number of carboxylic acid groups (broad SMARTS) is 1. The summed E-state index contributed by atoms with van der Waals surface area (Å²) in [6.45, 7) is 3.28. The van der Waals surface area contributed by atoms with Gasteiger partial charge < -0.3 is 14.6 Å². The van der Waals surface area contributed by atoms with Crippen LogP contribution in [0.5, 0.6) is 11.5 Å². The number of benzene rings is 2. The van der Waals surface area contributed by atoms with Crippen molar-refractivity contribution in [2.24, 2.45) is 5.41 Å². The van der Waals surface area contributed by atoms with Crippen LogP contribution < -0.4 is 9.47 Å². The second-order valence-electron chi connectivity index (χ2n) is 6.43. The molecular weight excluding hydrogens is 349 g/mol. The molecule has 0 amide bonds. The summed E-state index contributed by atoms with van der Waals surface area (Å²) in [6.07, 6.45) is -4.36. The van der Waals surface area contributed by atoms with Crippen LogP contribution in [0.25, 0.3) is 0 Å². The van der Waals surface area contributed by atoms with Gasteiger partial charge in [0.2, 0.25) is 0 Å². The maximum Gasteiger partial charge on any atom is 0.416 e. The minimum Gasteiger partial charge on any atom is -0.492 e. The molecule has 0 spiro atoms. The lowest BCUT2D eigenvalue weighted by Crippen LogP contribution is -2.30. The molecule has 0 aliphatic carbocycles. The van der Waals surface area contributed by atoms with Crippen LogP contribution in [0.2, 0.25) is 0 Å². The molecule has 4 nitrogen and oxygen atoms in total. The molecule has 0 radical (unpaired) electrons. The Morgan fingerprint density at radius 3 is 1.88 bits per heavy atom. The van der Waals surface area contributed by atoms with Crippen molar-refractivity contribution in [1.29, 1.82) is 0 Å². The first-order valence-corrected chi connectivity index (χ1v) is 7.83.